The number of piperazine rings is 1. The summed E-state index contributed by atoms with van der Waals surface area (Å²) in [6, 6.07) is 3.04. The van der Waals surface area contributed by atoms with Crippen molar-refractivity contribution in [3.63, 3.8) is 0 Å². The third-order valence-electron chi connectivity index (χ3n) is 3.99. The van der Waals surface area contributed by atoms with E-state index in [0.717, 1.165) is 39.0 Å². The molecule has 1 aliphatic heterocycles. The molecule has 1 saturated heterocycles. The normalized spacial score (nSPS) is 22.5. The summed E-state index contributed by atoms with van der Waals surface area (Å²) in [5.74, 6) is 0.286. The molecule has 1 aromatic rings. The highest BCUT2D eigenvalue weighted by Gasteiger charge is 2.39. The fourth-order valence-electron chi connectivity index (χ4n) is 2.90. The second kappa shape index (κ2) is 5.57. The first-order valence-corrected chi connectivity index (χ1v) is 7.52. The molecule has 0 bridgehead atoms. The van der Waals surface area contributed by atoms with Crippen LogP contribution < -0.4 is 5.32 Å². The summed E-state index contributed by atoms with van der Waals surface area (Å²) < 4.78 is 14.2. The molecule has 3 rings (SSSR count). The highest BCUT2D eigenvalue weighted by molar-refractivity contribution is 6.42. The molecule has 0 amide bonds. The van der Waals surface area contributed by atoms with Gasteiger partial charge in [-0.2, -0.15) is 0 Å². The summed E-state index contributed by atoms with van der Waals surface area (Å²) in [5.41, 5.74) is 0.596. The first-order chi connectivity index (χ1) is 9.18. The number of hydrogen-bond acceptors (Lipinski definition) is 2. The van der Waals surface area contributed by atoms with Crippen molar-refractivity contribution in [1.29, 1.82) is 0 Å². The zero-order valence-corrected chi connectivity index (χ0v) is 12.1. The summed E-state index contributed by atoms with van der Waals surface area (Å²) in [4.78, 5) is 2.34. The molecule has 1 heterocycles. The maximum absolute atomic E-state index is 14.2. The van der Waals surface area contributed by atoms with E-state index < -0.39 is 0 Å². The van der Waals surface area contributed by atoms with Crippen molar-refractivity contribution in [2.45, 2.75) is 18.9 Å². The van der Waals surface area contributed by atoms with Gasteiger partial charge in [-0.3, -0.25) is 4.90 Å². The predicted octanol–water partition coefficient (Wildman–Crippen LogP) is 3.49. The van der Waals surface area contributed by atoms with Gasteiger partial charge in [0, 0.05) is 37.8 Å². The second-order valence-electron chi connectivity index (χ2n) is 5.33. The van der Waals surface area contributed by atoms with E-state index in [-0.39, 0.29) is 11.9 Å². The Labute approximate surface area is 122 Å². The Kier molecular flexibility index (Phi) is 3.99. The van der Waals surface area contributed by atoms with Gasteiger partial charge in [0.1, 0.15) is 5.82 Å². The quantitative estimate of drug-likeness (QED) is 0.860. The molecule has 1 N–H and O–H groups in total. The topological polar surface area (TPSA) is 15.3 Å². The fourth-order valence-corrected chi connectivity index (χ4v) is 3.33. The maximum atomic E-state index is 14.2. The first kappa shape index (κ1) is 13.6. The average molecular weight is 303 g/mol. The Hall–Kier alpha value is -0.350. The lowest BCUT2D eigenvalue weighted by molar-refractivity contribution is 0.153. The maximum Gasteiger partial charge on any atom is 0.129 e. The largest absolute Gasteiger partial charge is 0.314 e. The summed E-state index contributed by atoms with van der Waals surface area (Å²) >= 11 is 12.3. The van der Waals surface area contributed by atoms with Crippen LogP contribution in [-0.4, -0.2) is 31.1 Å². The Morgan fingerprint density at radius 1 is 1.21 bits per heavy atom. The van der Waals surface area contributed by atoms with Crippen molar-refractivity contribution in [2.75, 3.05) is 26.2 Å². The van der Waals surface area contributed by atoms with Crippen LogP contribution in [0.15, 0.2) is 12.1 Å². The molecule has 1 atom stereocenters. The van der Waals surface area contributed by atoms with E-state index >= 15 is 0 Å². The molecular formula is C14H17Cl2FN2. The molecule has 0 spiro atoms. The van der Waals surface area contributed by atoms with Crippen molar-refractivity contribution in [3.05, 3.63) is 33.6 Å². The highest BCUT2D eigenvalue weighted by atomic mass is 35.5. The van der Waals surface area contributed by atoms with Gasteiger partial charge in [-0.1, -0.05) is 23.2 Å². The third kappa shape index (κ3) is 2.75. The Morgan fingerprint density at radius 2 is 1.89 bits per heavy atom. The molecule has 2 aliphatic rings. The number of benzene rings is 1. The van der Waals surface area contributed by atoms with Crippen molar-refractivity contribution >= 4 is 23.2 Å². The van der Waals surface area contributed by atoms with Crippen molar-refractivity contribution < 1.29 is 4.39 Å². The van der Waals surface area contributed by atoms with Crippen LogP contribution in [0.25, 0.3) is 0 Å². The van der Waals surface area contributed by atoms with Gasteiger partial charge >= 0.3 is 0 Å². The highest BCUT2D eigenvalue weighted by Crippen LogP contribution is 2.48. The van der Waals surface area contributed by atoms with E-state index in [1.807, 2.05) is 0 Å². The fraction of sp³-hybridized carbons (Fsp3) is 0.571. The molecule has 0 radical (unpaired) electrons. The van der Waals surface area contributed by atoms with Crippen LogP contribution in [0.3, 0.4) is 0 Å². The van der Waals surface area contributed by atoms with Crippen molar-refractivity contribution in [1.82, 2.24) is 10.2 Å². The molecule has 5 heteroatoms. The molecule has 104 valence electrons. The smallest absolute Gasteiger partial charge is 0.129 e. The number of halogens is 3. The monoisotopic (exact) mass is 302 g/mol. The summed E-state index contributed by atoms with van der Waals surface area (Å²) in [5, 5.41) is 4.16. The average Bonchev–Trinajstić information content (AvgIpc) is 3.24. The van der Waals surface area contributed by atoms with Crippen LogP contribution in [-0.2, 0) is 0 Å². The molecule has 1 aliphatic carbocycles. The molecule has 2 fully saturated rings. The lowest BCUT2D eigenvalue weighted by Gasteiger charge is -2.36. The van der Waals surface area contributed by atoms with Crippen LogP contribution in [0.5, 0.6) is 0 Å². The molecule has 2 nitrogen and oxygen atoms in total. The van der Waals surface area contributed by atoms with Gasteiger partial charge in [-0.15, -0.1) is 0 Å². The standard InChI is InChI=1S/C14H17Cl2FN2/c15-10-3-4-11(17)12(13(10)16)14(9-1-2-9)19-7-5-18-6-8-19/h3-4,9,14,18H,1-2,5-8H2/t14-/m0/s1. The summed E-state index contributed by atoms with van der Waals surface area (Å²) in [7, 11) is 0. The SMILES string of the molecule is Fc1ccc(Cl)c(Cl)c1[C@H](C1CC1)N1CCNCC1. The predicted molar refractivity (Wildman–Crippen MR) is 76.3 cm³/mol. The zero-order valence-electron chi connectivity index (χ0n) is 10.6. The van der Waals surface area contributed by atoms with E-state index in [1.54, 1.807) is 0 Å². The molecule has 0 unspecified atom stereocenters. The van der Waals surface area contributed by atoms with Crippen LogP contribution >= 0.6 is 23.2 Å². The van der Waals surface area contributed by atoms with Gasteiger partial charge in [-0.05, 0) is 30.9 Å². The van der Waals surface area contributed by atoms with E-state index in [2.05, 4.69) is 10.2 Å². The van der Waals surface area contributed by atoms with E-state index in [4.69, 9.17) is 23.2 Å². The molecule has 1 saturated carbocycles. The van der Waals surface area contributed by atoms with Crippen LogP contribution in [0, 0.1) is 11.7 Å². The van der Waals surface area contributed by atoms with Crippen LogP contribution in [0.4, 0.5) is 4.39 Å². The lowest BCUT2D eigenvalue weighted by atomic mass is 9.99. The zero-order chi connectivity index (χ0) is 13.4. The number of hydrogen-bond donors (Lipinski definition) is 1. The van der Waals surface area contributed by atoms with Crippen LogP contribution in [0.1, 0.15) is 24.4 Å². The third-order valence-corrected chi connectivity index (χ3v) is 4.81. The number of nitrogens with one attached hydrogen (secondary N) is 1. The van der Waals surface area contributed by atoms with Gasteiger partial charge in [0.15, 0.2) is 0 Å². The van der Waals surface area contributed by atoms with Gasteiger partial charge in [0.05, 0.1) is 10.0 Å². The number of rotatable bonds is 3. The Balaban J connectivity index is 1.97. The minimum Gasteiger partial charge on any atom is -0.314 e. The summed E-state index contributed by atoms with van der Waals surface area (Å²) in [6.07, 6.45) is 2.30. The number of nitrogens with zero attached hydrogens (tertiary/aromatic N) is 1. The van der Waals surface area contributed by atoms with E-state index in [9.17, 15) is 4.39 Å². The molecule has 19 heavy (non-hydrogen) atoms. The van der Waals surface area contributed by atoms with E-state index in [0.29, 0.717) is 21.5 Å². The summed E-state index contributed by atoms with van der Waals surface area (Å²) in [6.45, 7) is 3.76. The van der Waals surface area contributed by atoms with Crippen molar-refractivity contribution in [3.8, 4) is 0 Å². The van der Waals surface area contributed by atoms with Gasteiger partial charge in [0.25, 0.3) is 0 Å². The van der Waals surface area contributed by atoms with E-state index in [1.165, 1.54) is 12.1 Å². The van der Waals surface area contributed by atoms with Crippen molar-refractivity contribution in [2.24, 2.45) is 5.92 Å². The first-order valence-electron chi connectivity index (χ1n) is 6.76. The minimum atomic E-state index is -0.232. The van der Waals surface area contributed by atoms with Gasteiger partial charge in [0.2, 0.25) is 0 Å². The molecule has 0 aromatic heterocycles. The Bertz CT molecular complexity index is 471. The lowest BCUT2D eigenvalue weighted by Crippen LogP contribution is -2.46. The minimum absolute atomic E-state index is 0.0771. The second-order valence-corrected chi connectivity index (χ2v) is 6.11. The molecular weight excluding hydrogens is 286 g/mol. The van der Waals surface area contributed by atoms with Gasteiger partial charge in [-0.25, -0.2) is 4.39 Å². The van der Waals surface area contributed by atoms with Crippen LogP contribution in [0.2, 0.25) is 10.0 Å². The van der Waals surface area contributed by atoms with Gasteiger partial charge < -0.3 is 5.32 Å². The Morgan fingerprint density at radius 3 is 2.53 bits per heavy atom. The molecule has 1 aromatic carbocycles.